The van der Waals surface area contributed by atoms with Crippen molar-refractivity contribution in [1.29, 1.82) is 0 Å². The van der Waals surface area contributed by atoms with Crippen LogP contribution in [0.2, 0.25) is 0 Å². The Bertz CT molecular complexity index is 802. The second kappa shape index (κ2) is 7.35. The third-order valence-corrected chi connectivity index (χ3v) is 5.16. The number of rotatable bonds is 4. The number of hydrogen-bond donors (Lipinski definition) is 1. The molecule has 1 atom stereocenters. The minimum atomic E-state index is -0.192. The summed E-state index contributed by atoms with van der Waals surface area (Å²) < 4.78 is 13.1. The van der Waals surface area contributed by atoms with Crippen molar-refractivity contribution in [1.82, 2.24) is 20.1 Å². The average molecular weight is 356 g/mol. The van der Waals surface area contributed by atoms with Gasteiger partial charge in [0.05, 0.1) is 19.6 Å². The van der Waals surface area contributed by atoms with Gasteiger partial charge in [-0.2, -0.15) is 0 Å². The molecule has 7 nitrogen and oxygen atoms in total. The number of fused-ring (bicyclic) bond motifs is 2. The second-order valence-corrected chi connectivity index (χ2v) is 6.90. The van der Waals surface area contributed by atoms with Gasteiger partial charge in [0.25, 0.3) is 0 Å². The highest BCUT2D eigenvalue weighted by Gasteiger charge is 2.26. The van der Waals surface area contributed by atoms with Crippen molar-refractivity contribution in [3.05, 3.63) is 35.4 Å². The number of methoxy groups -OCH3 is 1. The van der Waals surface area contributed by atoms with E-state index in [0.29, 0.717) is 19.6 Å². The van der Waals surface area contributed by atoms with Crippen LogP contribution in [0.1, 0.15) is 36.5 Å². The van der Waals surface area contributed by atoms with Gasteiger partial charge < -0.3 is 19.4 Å². The molecule has 0 unspecified atom stereocenters. The van der Waals surface area contributed by atoms with Crippen LogP contribution < -0.4 is 14.8 Å². The van der Waals surface area contributed by atoms with Crippen LogP contribution in [0, 0.1) is 5.92 Å². The normalized spacial score (nSPS) is 18.9. The predicted octanol–water partition coefficient (Wildman–Crippen LogP) is 1.88. The van der Waals surface area contributed by atoms with E-state index in [4.69, 9.17) is 9.47 Å². The Morgan fingerprint density at radius 3 is 3.15 bits per heavy atom. The minimum absolute atomic E-state index is 0.00237. The summed E-state index contributed by atoms with van der Waals surface area (Å²) in [5, 5.41) is 11.6. The van der Waals surface area contributed by atoms with Crippen LogP contribution in [-0.2, 0) is 30.7 Å². The van der Waals surface area contributed by atoms with Gasteiger partial charge in [0, 0.05) is 19.0 Å². The summed E-state index contributed by atoms with van der Waals surface area (Å²) in [6.45, 7) is 1.73. The molecular weight excluding hydrogens is 332 g/mol. The van der Waals surface area contributed by atoms with Crippen LogP contribution in [0.15, 0.2) is 18.2 Å². The highest BCUT2D eigenvalue weighted by atomic mass is 16.5. The molecule has 1 aromatic carbocycles. The van der Waals surface area contributed by atoms with Crippen LogP contribution >= 0.6 is 0 Å². The zero-order chi connectivity index (χ0) is 17.9. The molecule has 2 aliphatic rings. The van der Waals surface area contributed by atoms with Gasteiger partial charge in [-0.3, -0.25) is 4.79 Å². The zero-order valence-electron chi connectivity index (χ0n) is 15.0. The standard InChI is InChI=1S/C19H24N4O3/c1-25-15-7-6-13-9-14(12-26-16(13)10-15)19(24)20-11-18-22-21-17-5-3-2-4-8-23(17)18/h6-7,10,14H,2-5,8-9,11-12H2,1H3,(H,20,24)/t14-/m1/s1. The molecule has 3 heterocycles. The first-order valence-electron chi connectivity index (χ1n) is 9.23. The minimum Gasteiger partial charge on any atom is -0.497 e. The van der Waals surface area contributed by atoms with E-state index in [2.05, 4.69) is 20.1 Å². The third-order valence-electron chi connectivity index (χ3n) is 5.16. The summed E-state index contributed by atoms with van der Waals surface area (Å²) in [7, 11) is 1.63. The van der Waals surface area contributed by atoms with Crippen molar-refractivity contribution in [2.45, 2.75) is 45.2 Å². The predicted molar refractivity (Wildman–Crippen MR) is 95.1 cm³/mol. The van der Waals surface area contributed by atoms with E-state index < -0.39 is 0 Å². The van der Waals surface area contributed by atoms with Crippen LogP contribution in [0.3, 0.4) is 0 Å². The van der Waals surface area contributed by atoms with E-state index in [0.717, 1.165) is 54.5 Å². The van der Waals surface area contributed by atoms with Gasteiger partial charge in [-0.1, -0.05) is 12.5 Å². The molecule has 0 bridgehead atoms. The molecule has 138 valence electrons. The molecule has 0 aliphatic carbocycles. The molecular formula is C19H24N4O3. The first-order chi connectivity index (χ1) is 12.7. The number of nitrogens with one attached hydrogen (secondary N) is 1. The molecule has 26 heavy (non-hydrogen) atoms. The highest BCUT2D eigenvalue weighted by Crippen LogP contribution is 2.31. The maximum absolute atomic E-state index is 12.6. The maximum atomic E-state index is 12.6. The SMILES string of the molecule is COc1ccc2c(c1)OC[C@H](C(=O)NCc1nnc3n1CCCCC3)C2. The van der Waals surface area contributed by atoms with Gasteiger partial charge in [0.1, 0.15) is 23.9 Å². The molecule has 0 fully saturated rings. The lowest BCUT2D eigenvalue weighted by Gasteiger charge is -2.25. The van der Waals surface area contributed by atoms with E-state index in [-0.39, 0.29) is 11.8 Å². The van der Waals surface area contributed by atoms with Gasteiger partial charge >= 0.3 is 0 Å². The Kier molecular flexibility index (Phi) is 4.77. The van der Waals surface area contributed by atoms with Crippen molar-refractivity contribution in [3.63, 3.8) is 0 Å². The molecule has 0 saturated carbocycles. The van der Waals surface area contributed by atoms with Crippen LogP contribution in [0.25, 0.3) is 0 Å². The number of ether oxygens (including phenoxy) is 2. The quantitative estimate of drug-likeness (QED) is 0.905. The lowest BCUT2D eigenvalue weighted by molar-refractivity contribution is -0.126. The van der Waals surface area contributed by atoms with E-state index >= 15 is 0 Å². The molecule has 1 aromatic heterocycles. The van der Waals surface area contributed by atoms with Gasteiger partial charge in [-0.25, -0.2) is 0 Å². The van der Waals surface area contributed by atoms with Crippen molar-refractivity contribution >= 4 is 5.91 Å². The summed E-state index contributed by atoms with van der Waals surface area (Å²) in [6, 6.07) is 5.73. The van der Waals surface area contributed by atoms with E-state index in [1.54, 1.807) is 7.11 Å². The number of carbonyl (C=O) groups excluding carboxylic acids is 1. The van der Waals surface area contributed by atoms with Crippen molar-refractivity contribution in [3.8, 4) is 11.5 Å². The number of nitrogens with zero attached hydrogens (tertiary/aromatic N) is 3. The molecule has 2 aliphatic heterocycles. The zero-order valence-corrected chi connectivity index (χ0v) is 15.0. The maximum Gasteiger partial charge on any atom is 0.227 e. The summed E-state index contributed by atoms with van der Waals surface area (Å²) in [5.74, 6) is 3.25. The average Bonchev–Trinajstić information content (AvgIpc) is 2.91. The molecule has 0 radical (unpaired) electrons. The Hall–Kier alpha value is -2.57. The Morgan fingerprint density at radius 1 is 1.35 bits per heavy atom. The van der Waals surface area contributed by atoms with Crippen molar-refractivity contribution < 1.29 is 14.3 Å². The van der Waals surface area contributed by atoms with Crippen LogP contribution in [0.4, 0.5) is 0 Å². The molecule has 1 amide bonds. The number of aromatic nitrogens is 3. The van der Waals surface area contributed by atoms with Crippen LogP contribution in [-0.4, -0.2) is 34.4 Å². The van der Waals surface area contributed by atoms with E-state index in [1.165, 1.54) is 6.42 Å². The van der Waals surface area contributed by atoms with E-state index in [1.807, 2.05) is 18.2 Å². The Balaban J connectivity index is 1.38. The molecule has 1 N–H and O–H groups in total. The lowest BCUT2D eigenvalue weighted by atomic mass is 9.96. The molecule has 7 heteroatoms. The Morgan fingerprint density at radius 2 is 2.27 bits per heavy atom. The number of amides is 1. The second-order valence-electron chi connectivity index (χ2n) is 6.90. The monoisotopic (exact) mass is 356 g/mol. The fraction of sp³-hybridized carbons (Fsp3) is 0.526. The smallest absolute Gasteiger partial charge is 0.227 e. The summed E-state index contributed by atoms with van der Waals surface area (Å²) in [5.41, 5.74) is 1.04. The van der Waals surface area contributed by atoms with Crippen molar-refractivity contribution in [2.24, 2.45) is 5.92 Å². The van der Waals surface area contributed by atoms with Crippen LogP contribution in [0.5, 0.6) is 11.5 Å². The number of benzene rings is 1. The highest BCUT2D eigenvalue weighted by molar-refractivity contribution is 5.79. The fourth-order valence-corrected chi connectivity index (χ4v) is 3.63. The summed E-state index contributed by atoms with van der Waals surface area (Å²) in [6.07, 6.45) is 5.16. The van der Waals surface area contributed by atoms with Gasteiger partial charge in [0.15, 0.2) is 5.82 Å². The van der Waals surface area contributed by atoms with Crippen molar-refractivity contribution in [2.75, 3.05) is 13.7 Å². The molecule has 2 aromatic rings. The molecule has 0 saturated heterocycles. The largest absolute Gasteiger partial charge is 0.497 e. The molecule has 4 rings (SSSR count). The van der Waals surface area contributed by atoms with Gasteiger partial charge in [-0.15, -0.1) is 10.2 Å². The summed E-state index contributed by atoms with van der Waals surface area (Å²) >= 11 is 0. The van der Waals surface area contributed by atoms with Gasteiger partial charge in [-0.05, 0) is 30.9 Å². The number of aryl methyl sites for hydroxylation is 1. The lowest BCUT2D eigenvalue weighted by Crippen LogP contribution is -2.37. The van der Waals surface area contributed by atoms with Gasteiger partial charge in [0.2, 0.25) is 5.91 Å². The third kappa shape index (κ3) is 3.38. The summed E-state index contributed by atoms with van der Waals surface area (Å²) in [4.78, 5) is 12.6. The topological polar surface area (TPSA) is 78.3 Å². The number of hydrogen-bond acceptors (Lipinski definition) is 5. The molecule has 0 spiro atoms. The Labute approximate surface area is 152 Å². The first-order valence-corrected chi connectivity index (χ1v) is 9.23. The van der Waals surface area contributed by atoms with E-state index in [9.17, 15) is 4.79 Å². The first kappa shape index (κ1) is 16.9. The number of carbonyl (C=O) groups is 1. The fourth-order valence-electron chi connectivity index (χ4n) is 3.63.